The van der Waals surface area contributed by atoms with Gasteiger partial charge in [0.1, 0.15) is 5.75 Å². The lowest BCUT2D eigenvalue weighted by molar-refractivity contribution is -0.152. The van der Waals surface area contributed by atoms with E-state index in [9.17, 15) is 9.59 Å². The number of methoxy groups -OCH3 is 1. The van der Waals surface area contributed by atoms with E-state index < -0.39 is 18.0 Å². The molecule has 1 N–H and O–H groups in total. The predicted octanol–water partition coefficient (Wildman–Crippen LogP) is 2.68. The number of benzene rings is 2. The SMILES string of the molecule is COc1ccccc1CC(=O)O[C@H](C)C(=O)Nc1ccc(C#N)cc1. The molecule has 2 aromatic rings. The number of ether oxygens (including phenoxy) is 2. The van der Waals surface area contributed by atoms with E-state index in [2.05, 4.69) is 5.32 Å². The Bertz CT molecular complexity index is 794. The summed E-state index contributed by atoms with van der Waals surface area (Å²) in [5, 5.41) is 11.4. The molecule has 6 heteroatoms. The van der Waals surface area contributed by atoms with Crippen molar-refractivity contribution in [3.05, 3.63) is 59.7 Å². The Morgan fingerprint density at radius 2 is 1.84 bits per heavy atom. The highest BCUT2D eigenvalue weighted by atomic mass is 16.5. The summed E-state index contributed by atoms with van der Waals surface area (Å²) >= 11 is 0. The molecule has 2 aromatic carbocycles. The van der Waals surface area contributed by atoms with Crippen LogP contribution in [0.15, 0.2) is 48.5 Å². The molecule has 0 unspecified atom stereocenters. The van der Waals surface area contributed by atoms with E-state index >= 15 is 0 Å². The number of hydrogen-bond donors (Lipinski definition) is 1. The Morgan fingerprint density at radius 3 is 2.48 bits per heavy atom. The Kier molecular flexibility index (Phi) is 6.13. The lowest BCUT2D eigenvalue weighted by Gasteiger charge is -2.14. The predicted molar refractivity (Wildman–Crippen MR) is 92.0 cm³/mol. The van der Waals surface area contributed by atoms with Crippen molar-refractivity contribution in [2.75, 3.05) is 12.4 Å². The zero-order valence-electron chi connectivity index (χ0n) is 14.0. The van der Waals surface area contributed by atoms with Crippen LogP contribution in [0.4, 0.5) is 5.69 Å². The van der Waals surface area contributed by atoms with Crippen molar-refractivity contribution in [3.8, 4) is 11.8 Å². The van der Waals surface area contributed by atoms with Gasteiger partial charge in [-0.05, 0) is 37.3 Å². The van der Waals surface area contributed by atoms with Crippen molar-refractivity contribution in [3.63, 3.8) is 0 Å². The minimum Gasteiger partial charge on any atom is -0.496 e. The molecule has 128 valence electrons. The summed E-state index contributed by atoms with van der Waals surface area (Å²) in [6.45, 7) is 1.50. The zero-order valence-corrected chi connectivity index (χ0v) is 14.0. The van der Waals surface area contributed by atoms with Crippen LogP contribution in [0.3, 0.4) is 0 Å². The molecule has 0 radical (unpaired) electrons. The van der Waals surface area contributed by atoms with Crippen molar-refractivity contribution in [2.24, 2.45) is 0 Å². The number of esters is 1. The van der Waals surface area contributed by atoms with E-state index in [0.29, 0.717) is 22.6 Å². The summed E-state index contributed by atoms with van der Waals surface area (Å²) in [4.78, 5) is 24.1. The van der Waals surface area contributed by atoms with Crippen LogP contribution in [0.25, 0.3) is 0 Å². The molecule has 0 aromatic heterocycles. The summed E-state index contributed by atoms with van der Waals surface area (Å²) in [7, 11) is 1.53. The van der Waals surface area contributed by atoms with Crippen LogP contribution in [0.5, 0.6) is 5.75 Å². The van der Waals surface area contributed by atoms with Gasteiger partial charge >= 0.3 is 5.97 Å². The molecular formula is C19H18N2O4. The minimum absolute atomic E-state index is 0.0124. The van der Waals surface area contributed by atoms with E-state index in [4.69, 9.17) is 14.7 Å². The van der Waals surface area contributed by atoms with Crippen LogP contribution in [0, 0.1) is 11.3 Å². The van der Waals surface area contributed by atoms with Gasteiger partial charge in [-0.1, -0.05) is 18.2 Å². The number of carbonyl (C=O) groups excluding carboxylic acids is 2. The van der Waals surface area contributed by atoms with Crippen LogP contribution in [0.2, 0.25) is 0 Å². The third kappa shape index (κ3) is 5.08. The third-order valence-electron chi connectivity index (χ3n) is 3.49. The quantitative estimate of drug-likeness (QED) is 0.818. The number of anilines is 1. The zero-order chi connectivity index (χ0) is 18.2. The number of nitriles is 1. The Labute approximate surface area is 146 Å². The maximum atomic E-state index is 12.1. The van der Waals surface area contributed by atoms with Gasteiger partial charge in [0.05, 0.1) is 25.2 Å². The van der Waals surface area contributed by atoms with Gasteiger partial charge in [-0.25, -0.2) is 0 Å². The average Bonchev–Trinajstić information content (AvgIpc) is 2.62. The molecule has 0 aliphatic heterocycles. The highest BCUT2D eigenvalue weighted by molar-refractivity contribution is 5.95. The van der Waals surface area contributed by atoms with Gasteiger partial charge in [0.25, 0.3) is 5.91 Å². The fourth-order valence-electron chi connectivity index (χ4n) is 2.17. The van der Waals surface area contributed by atoms with Gasteiger partial charge in [0.15, 0.2) is 6.10 Å². The second-order valence-electron chi connectivity index (χ2n) is 5.30. The molecule has 0 spiro atoms. The summed E-state index contributed by atoms with van der Waals surface area (Å²) in [5.74, 6) is -0.376. The van der Waals surface area contributed by atoms with Crippen LogP contribution < -0.4 is 10.1 Å². The molecule has 6 nitrogen and oxygen atoms in total. The molecular weight excluding hydrogens is 320 g/mol. The third-order valence-corrected chi connectivity index (χ3v) is 3.49. The molecule has 2 rings (SSSR count). The lowest BCUT2D eigenvalue weighted by atomic mass is 10.1. The number of carbonyl (C=O) groups is 2. The Hall–Kier alpha value is -3.33. The van der Waals surface area contributed by atoms with Gasteiger partial charge in [0, 0.05) is 11.3 Å². The number of amides is 1. The summed E-state index contributed by atoms with van der Waals surface area (Å²) in [6, 6.07) is 15.5. The first-order chi connectivity index (χ1) is 12.0. The normalized spacial score (nSPS) is 11.1. The number of rotatable bonds is 6. The van der Waals surface area contributed by atoms with Gasteiger partial charge in [0.2, 0.25) is 0 Å². The first-order valence-corrected chi connectivity index (χ1v) is 7.66. The molecule has 0 fully saturated rings. The summed E-state index contributed by atoms with van der Waals surface area (Å²) in [6.07, 6.45) is -0.934. The highest BCUT2D eigenvalue weighted by Gasteiger charge is 2.19. The molecule has 0 saturated heterocycles. The van der Waals surface area contributed by atoms with Crippen molar-refractivity contribution < 1.29 is 19.1 Å². The van der Waals surface area contributed by atoms with Crippen LogP contribution in [-0.2, 0) is 20.7 Å². The van der Waals surface area contributed by atoms with Crippen molar-refractivity contribution in [2.45, 2.75) is 19.4 Å². The first-order valence-electron chi connectivity index (χ1n) is 7.66. The molecule has 1 amide bonds. The minimum atomic E-state index is -0.946. The van der Waals surface area contributed by atoms with Gasteiger partial charge in [-0.15, -0.1) is 0 Å². The maximum Gasteiger partial charge on any atom is 0.311 e. The van der Waals surface area contributed by atoms with Crippen molar-refractivity contribution >= 4 is 17.6 Å². The standard InChI is InChI=1S/C19H18N2O4/c1-13(19(23)21-16-9-7-14(12-20)8-10-16)25-18(22)11-15-5-3-4-6-17(15)24-2/h3-10,13H,11H2,1-2H3,(H,21,23)/t13-/m1/s1. The van der Waals surface area contributed by atoms with Crippen LogP contribution in [0.1, 0.15) is 18.1 Å². The maximum absolute atomic E-state index is 12.1. The molecule has 0 aliphatic rings. The number of para-hydroxylation sites is 1. The fraction of sp³-hybridized carbons (Fsp3) is 0.211. The molecule has 0 aliphatic carbocycles. The summed E-state index contributed by atoms with van der Waals surface area (Å²) < 4.78 is 10.4. The van der Waals surface area contributed by atoms with Crippen molar-refractivity contribution in [1.29, 1.82) is 5.26 Å². The first kappa shape index (κ1) is 18.0. The molecule has 25 heavy (non-hydrogen) atoms. The fourth-order valence-corrected chi connectivity index (χ4v) is 2.17. The summed E-state index contributed by atoms with van der Waals surface area (Å²) in [5.41, 5.74) is 1.71. The largest absolute Gasteiger partial charge is 0.496 e. The number of hydrogen-bond acceptors (Lipinski definition) is 5. The van der Waals surface area contributed by atoms with Crippen LogP contribution in [-0.4, -0.2) is 25.1 Å². The molecule has 1 atom stereocenters. The Balaban J connectivity index is 1.91. The second kappa shape index (κ2) is 8.50. The lowest BCUT2D eigenvalue weighted by Crippen LogP contribution is -2.30. The molecule has 0 bridgehead atoms. The van der Waals surface area contributed by atoms with E-state index in [1.807, 2.05) is 6.07 Å². The van der Waals surface area contributed by atoms with E-state index in [1.54, 1.807) is 48.5 Å². The number of nitrogens with one attached hydrogen (secondary N) is 1. The second-order valence-corrected chi connectivity index (χ2v) is 5.30. The topological polar surface area (TPSA) is 88.4 Å². The van der Waals surface area contributed by atoms with Gasteiger partial charge in [-0.2, -0.15) is 5.26 Å². The smallest absolute Gasteiger partial charge is 0.311 e. The average molecular weight is 338 g/mol. The van der Waals surface area contributed by atoms with E-state index in [1.165, 1.54) is 14.0 Å². The highest BCUT2D eigenvalue weighted by Crippen LogP contribution is 2.18. The van der Waals surface area contributed by atoms with Crippen LogP contribution >= 0.6 is 0 Å². The van der Waals surface area contributed by atoms with Crippen molar-refractivity contribution in [1.82, 2.24) is 0 Å². The number of nitrogens with zero attached hydrogens (tertiary/aromatic N) is 1. The van der Waals surface area contributed by atoms with Gasteiger partial charge in [-0.3, -0.25) is 9.59 Å². The van der Waals surface area contributed by atoms with E-state index in [-0.39, 0.29) is 6.42 Å². The van der Waals surface area contributed by atoms with Gasteiger partial charge < -0.3 is 14.8 Å². The molecule has 0 heterocycles. The van der Waals surface area contributed by atoms with E-state index in [0.717, 1.165) is 0 Å². The Morgan fingerprint density at radius 1 is 1.16 bits per heavy atom. The monoisotopic (exact) mass is 338 g/mol. The molecule has 0 saturated carbocycles.